The maximum Gasteiger partial charge on any atom is 0.0731 e. The smallest absolute Gasteiger partial charge is 0.0731 e. The molecule has 1 aliphatic heterocycles. The first-order valence-corrected chi connectivity index (χ1v) is 6.19. The third kappa shape index (κ3) is 2.83. The Labute approximate surface area is 97.8 Å². The van der Waals surface area contributed by atoms with Crippen LogP contribution in [0.5, 0.6) is 0 Å². The highest BCUT2D eigenvalue weighted by Crippen LogP contribution is 2.25. The van der Waals surface area contributed by atoms with Crippen molar-refractivity contribution in [3.63, 3.8) is 0 Å². The molecule has 1 aromatic rings. The predicted octanol–water partition coefficient (Wildman–Crippen LogP) is 2.69. The van der Waals surface area contributed by atoms with Crippen molar-refractivity contribution in [1.29, 1.82) is 0 Å². The van der Waals surface area contributed by atoms with Crippen LogP contribution in [0, 0.1) is 0 Å². The van der Waals surface area contributed by atoms with Crippen LogP contribution in [0.3, 0.4) is 0 Å². The number of ether oxygens (including phenoxy) is 1. The molecular formula is C14H21NO. The Morgan fingerprint density at radius 2 is 2.12 bits per heavy atom. The third-order valence-corrected chi connectivity index (χ3v) is 3.45. The van der Waals surface area contributed by atoms with Crippen LogP contribution in [-0.2, 0) is 4.74 Å². The molecule has 1 fully saturated rings. The average molecular weight is 219 g/mol. The maximum atomic E-state index is 6.08. The lowest BCUT2D eigenvalue weighted by Crippen LogP contribution is -2.41. The van der Waals surface area contributed by atoms with E-state index in [2.05, 4.69) is 37.3 Å². The van der Waals surface area contributed by atoms with Crippen molar-refractivity contribution < 1.29 is 4.74 Å². The van der Waals surface area contributed by atoms with E-state index in [4.69, 9.17) is 10.5 Å². The highest BCUT2D eigenvalue weighted by molar-refractivity contribution is 5.18. The van der Waals surface area contributed by atoms with Gasteiger partial charge >= 0.3 is 0 Å². The van der Waals surface area contributed by atoms with Gasteiger partial charge in [-0.15, -0.1) is 0 Å². The molecule has 0 aliphatic carbocycles. The standard InChI is InChI=1S/C14H21NO/c1-11(12-6-3-2-4-7-12)10-14-13(15)8-5-9-16-14/h2-4,6-7,11,13-14H,5,8-10,15H2,1H3. The SMILES string of the molecule is CC(CC1OCCCC1N)c1ccccc1. The van der Waals surface area contributed by atoms with Crippen molar-refractivity contribution >= 4 is 0 Å². The number of benzene rings is 1. The second kappa shape index (κ2) is 5.46. The highest BCUT2D eigenvalue weighted by Gasteiger charge is 2.24. The normalized spacial score (nSPS) is 27.6. The van der Waals surface area contributed by atoms with Gasteiger partial charge < -0.3 is 10.5 Å². The van der Waals surface area contributed by atoms with Crippen LogP contribution in [0.2, 0.25) is 0 Å². The average Bonchev–Trinajstić information content (AvgIpc) is 2.33. The summed E-state index contributed by atoms with van der Waals surface area (Å²) >= 11 is 0. The molecule has 2 rings (SSSR count). The topological polar surface area (TPSA) is 35.2 Å². The van der Waals surface area contributed by atoms with Crippen LogP contribution in [0.1, 0.15) is 37.7 Å². The van der Waals surface area contributed by atoms with Crippen molar-refractivity contribution in [2.45, 2.75) is 44.2 Å². The summed E-state index contributed by atoms with van der Waals surface area (Å²) in [7, 11) is 0. The van der Waals surface area contributed by atoms with Crippen molar-refractivity contribution in [2.75, 3.05) is 6.61 Å². The summed E-state index contributed by atoms with van der Waals surface area (Å²) < 4.78 is 5.76. The van der Waals surface area contributed by atoms with Gasteiger partial charge in [0.25, 0.3) is 0 Å². The lowest BCUT2D eigenvalue weighted by molar-refractivity contribution is -0.00627. The van der Waals surface area contributed by atoms with Gasteiger partial charge in [0.15, 0.2) is 0 Å². The van der Waals surface area contributed by atoms with E-state index in [1.165, 1.54) is 5.56 Å². The summed E-state index contributed by atoms with van der Waals surface area (Å²) in [4.78, 5) is 0. The van der Waals surface area contributed by atoms with Gasteiger partial charge in [-0.05, 0) is 30.7 Å². The summed E-state index contributed by atoms with van der Waals surface area (Å²) in [5.74, 6) is 0.523. The molecule has 3 atom stereocenters. The van der Waals surface area contributed by atoms with Crippen LogP contribution >= 0.6 is 0 Å². The van der Waals surface area contributed by atoms with E-state index in [-0.39, 0.29) is 12.1 Å². The van der Waals surface area contributed by atoms with Crippen LogP contribution in [0.4, 0.5) is 0 Å². The molecule has 1 heterocycles. The second-order valence-corrected chi connectivity index (χ2v) is 4.76. The van der Waals surface area contributed by atoms with Crippen molar-refractivity contribution in [3.8, 4) is 0 Å². The second-order valence-electron chi connectivity index (χ2n) is 4.76. The Hall–Kier alpha value is -0.860. The first-order valence-electron chi connectivity index (χ1n) is 6.19. The molecule has 0 saturated carbocycles. The van der Waals surface area contributed by atoms with Crippen LogP contribution in [0.15, 0.2) is 30.3 Å². The molecule has 3 unspecified atom stereocenters. The molecule has 88 valence electrons. The predicted molar refractivity (Wildman–Crippen MR) is 66.4 cm³/mol. The zero-order chi connectivity index (χ0) is 11.4. The van der Waals surface area contributed by atoms with Gasteiger partial charge in [0.1, 0.15) is 0 Å². The zero-order valence-corrected chi connectivity index (χ0v) is 9.93. The summed E-state index contributed by atoms with van der Waals surface area (Å²) in [6.45, 7) is 3.12. The van der Waals surface area contributed by atoms with Gasteiger partial charge in [0.05, 0.1) is 6.10 Å². The summed E-state index contributed by atoms with van der Waals surface area (Å²) in [5.41, 5.74) is 7.46. The fourth-order valence-electron chi connectivity index (χ4n) is 2.37. The molecule has 1 aromatic carbocycles. The number of rotatable bonds is 3. The minimum atomic E-state index is 0.222. The summed E-state index contributed by atoms with van der Waals surface area (Å²) in [6.07, 6.45) is 3.48. The van der Waals surface area contributed by atoms with Crippen LogP contribution in [-0.4, -0.2) is 18.8 Å². The fraction of sp³-hybridized carbons (Fsp3) is 0.571. The van der Waals surface area contributed by atoms with E-state index in [0.29, 0.717) is 5.92 Å². The first kappa shape index (κ1) is 11.6. The van der Waals surface area contributed by atoms with Gasteiger partial charge in [0.2, 0.25) is 0 Å². The monoisotopic (exact) mass is 219 g/mol. The Bertz CT molecular complexity index is 312. The van der Waals surface area contributed by atoms with E-state index < -0.39 is 0 Å². The van der Waals surface area contributed by atoms with Gasteiger partial charge in [-0.25, -0.2) is 0 Å². The van der Waals surface area contributed by atoms with Gasteiger partial charge in [-0.1, -0.05) is 37.3 Å². The molecule has 0 radical (unpaired) electrons. The van der Waals surface area contributed by atoms with Gasteiger partial charge in [-0.3, -0.25) is 0 Å². The molecular weight excluding hydrogens is 198 g/mol. The molecule has 0 aromatic heterocycles. The largest absolute Gasteiger partial charge is 0.377 e. The van der Waals surface area contributed by atoms with Crippen molar-refractivity contribution in [1.82, 2.24) is 0 Å². The Morgan fingerprint density at radius 3 is 2.81 bits per heavy atom. The van der Waals surface area contributed by atoms with Gasteiger partial charge in [0, 0.05) is 12.6 Å². The number of hydrogen-bond acceptors (Lipinski definition) is 2. The van der Waals surface area contributed by atoms with E-state index >= 15 is 0 Å². The lowest BCUT2D eigenvalue weighted by atomic mass is 9.90. The zero-order valence-electron chi connectivity index (χ0n) is 9.93. The Kier molecular flexibility index (Phi) is 3.97. The fourth-order valence-corrected chi connectivity index (χ4v) is 2.37. The van der Waals surface area contributed by atoms with E-state index in [1.54, 1.807) is 0 Å². The number of hydrogen-bond donors (Lipinski definition) is 1. The highest BCUT2D eigenvalue weighted by atomic mass is 16.5. The summed E-state index contributed by atoms with van der Waals surface area (Å²) in [6, 6.07) is 10.8. The van der Waals surface area contributed by atoms with Crippen molar-refractivity contribution in [3.05, 3.63) is 35.9 Å². The first-order chi connectivity index (χ1) is 7.77. The maximum absolute atomic E-state index is 6.08. The molecule has 0 amide bonds. The lowest BCUT2D eigenvalue weighted by Gasteiger charge is -2.31. The molecule has 2 N–H and O–H groups in total. The third-order valence-electron chi connectivity index (χ3n) is 3.45. The van der Waals surface area contributed by atoms with Crippen molar-refractivity contribution in [2.24, 2.45) is 5.73 Å². The summed E-state index contributed by atoms with van der Waals surface area (Å²) in [5, 5.41) is 0. The Balaban J connectivity index is 1.94. The van der Waals surface area contributed by atoms with Gasteiger partial charge in [-0.2, -0.15) is 0 Å². The number of nitrogens with two attached hydrogens (primary N) is 1. The molecule has 16 heavy (non-hydrogen) atoms. The van der Waals surface area contributed by atoms with Crippen LogP contribution in [0.25, 0.3) is 0 Å². The molecule has 0 bridgehead atoms. The molecule has 2 nitrogen and oxygen atoms in total. The molecule has 0 spiro atoms. The molecule has 1 saturated heterocycles. The molecule has 2 heteroatoms. The minimum absolute atomic E-state index is 0.222. The van der Waals surface area contributed by atoms with E-state index in [1.807, 2.05) is 0 Å². The Morgan fingerprint density at radius 1 is 1.38 bits per heavy atom. The van der Waals surface area contributed by atoms with Crippen LogP contribution < -0.4 is 5.73 Å². The molecule has 1 aliphatic rings. The van der Waals surface area contributed by atoms with E-state index in [9.17, 15) is 0 Å². The minimum Gasteiger partial charge on any atom is -0.377 e. The quantitative estimate of drug-likeness (QED) is 0.848. The van der Waals surface area contributed by atoms with E-state index in [0.717, 1.165) is 25.9 Å².